The molecule has 2 N–H and O–H groups in total. The zero-order valence-corrected chi connectivity index (χ0v) is 14.2. The Bertz CT molecular complexity index is 1030. The molecule has 0 saturated carbocycles. The Labute approximate surface area is 153 Å². The predicted octanol–water partition coefficient (Wildman–Crippen LogP) is 2.99. The maximum Gasteiger partial charge on any atom is 0.355 e. The Morgan fingerprint density at radius 2 is 2.08 bits per heavy atom. The summed E-state index contributed by atoms with van der Waals surface area (Å²) in [6.07, 6.45) is 7.47. The summed E-state index contributed by atoms with van der Waals surface area (Å²) in [5.74, 6) is -0.243. The van der Waals surface area contributed by atoms with Gasteiger partial charge in [0.1, 0.15) is 17.7 Å². The molecule has 26 heavy (non-hydrogen) atoms. The van der Waals surface area contributed by atoms with Crippen molar-refractivity contribution in [2.75, 3.05) is 12.3 Å². The quantitative estimate of drug-likeness (QED) is 0.898. The Morgan fingerprint density at radius 3 is 2.69 bits per heavy atom. The molecule has 0 saturated heterocycles. The molecule has 0 radical (unpaired) electrons. The molecule has 8 heteroatoms. The van der Waals surface area contributed by atoms with Crippen molar-refractivity contribution in [3.63, 3.8) is 0 Å². The number of hydrogen-bond donors (Lipinski definition) is 1. The molecule has 0 bridgehead atoms. The maximum absolute atomic E-state index is 13.0. The smallest absolute Gasteiger partial charge is 0.355 e. The van der Waals surface area contributed by atoms with Crippen molar-refractivity contribution in [1.82, 2.24) is 14.5 Å². The van der Waals surface area contributed by atoms with Crippen LogP contribution in [0.2, 0.25) is 5.02 Å². The van der Waals surface area contributed by atoms with Gasteiger partial charge in [0, 0.05) is 24.0 Å². The topological polar surface area (TPSA) is 87.9 Å². The first-order chi connectivity index (χ1) is 12.5. The van der Waals surface area contributed by atoms with Crippen molar-refractivity contribution in [3.05, 3.63) is 81.4 Å². The highest BCUT2D eigenvalue weighted by atomic mass is 35.5. The normalized spacial score (nSPS) is 13.7. The zero-order chi connectivity index (χ0) is 18.7. The summed E-state index contributed by atoms with van der Waals surface area (Å²) < 4.78 is 14.2. The van der Waals surface area contributed by atoms with E-state index in [2.05, 4.69) is 4.98 Å². The number of nitriles is 1. The van der Waals surface area contributed by atoms with Crippen molar-refractivity contribution in [3.8, 4) is 11.8 Å². The second kappa shape index (κ2) is 7.25. The number of rotatable bonds is 3. The van der Waals surface area contributed by atoms with Gasteiger partial charge in [-0.1, -0.05) is 11.6 Å². The third kappa shape index (κ3) is 3.50. The van der Waals surface area contributed by atoms with Crippen LogP contribution in [0.5, 0.6) is 0 Å². The molecular formula is C18H13ClFN5O. The third-order valence-corrected chi connectivity index (χ3v) is 3.97. The average Bonchev–Trinajstić information content (AvgIpc) is 2.63. The molecule has 1 aromatic heterocycles. The van der Waals surface area contributed by atoms with Crippen LogP contribution in [-0.2, 0) is 0 Å². The number of anilines is 1. The maximum atomic E-state index is 13.0. The number of nitrogens with two attached hydrogens (primary N) is 1. The highest BCUT2D eigenvalue weighted by Crippen LogP contribution is 2.21. The van der Waals surface area contributed by atoms with Crippen molar-refractivity contribution in [2.45, 2.75) is 0 Å². The predicted molar refractivity (Wildman–Crippen MR) is 98.0 cm³/mol. The highest BCUT2D eigenvalue weighted by Gasteiger charge is 2.15. The fourth-order valence-corrected chi connectivity index (χ4v) is 2.54. The van der Waals surface area contributed by atoms with E-state index in [9.17, 15) is 14.4 Å². The average molecular weight is 370 g/mol. The van der Waals surface area contributed by atoms with E-state index in [4.69, 9.17) is 17.3 Å². The number of benzene rings is 1. The second-order valence-corrected chi connectivity index (χ2v) is 5.82. The van der Waals surface area contributed by atoms with Gasteiger partial charge in [-0.3, -0.25) is 0 Å². The molecule has 0 fully saturated rings. The van der Waals surface area contributed by atoms with Gasteiger partial charge in [-0.15, -0.1) is 0 Å². The van der Waals surface area contributed by atoms with Gasteiger partial charge in [0.05, 0.1) is 11.3 Å². The van der Waals surface area contributed by atoms with Crippen molar-refractivity contribution >= 4 is 23.5 Å². The summed E-state index contributed by atoms with van der Waals surface area (Å²) in [7, 11) is 0. The summed E-state index contributed by atoms with van der Waals surface area (Å²) >= 11 is 5.87. The zero-order valence-electron chi connectivity index (χ0n) is 13.4. The Balaban J connectivity index is 2.06. The minimum atomic E-state index is -0.665. The molecule has 1 aliphatic rings. The number of nitrogens with zero attached hydrogens (tertiary/aromatic N) is 4. The van der Waals surface area contributed by atoms with Crippen LogP contribution in [0, 0.1) is 11.3 Å². The third-order valence-electron chi connectivity index (χ3n) is 3.72. The minimum absolute atomic E-state index is 0.0721. The molecule has 2 aromatic rings. The van der Waals surface area contributed by atoms with Crippen LogP contribution < -0.4 is 11.4 Å². The van der Waals surface area contributed by atoms with Crippen LogP contribution in [0.1, 0.15) is 11.3 Å². The van der Waals surface area contributed by atoms with E-state index in [1.54, 1.807) is 47.6 Å². The number of halogens is 2. The van der Waals surface area contributed by atoms with E-state index in [0.29, 0.717) is 22.8 Å². The summed E-state index contributed by atoms with van der Waals surface area (Å²) in [5.41, 5.74) is 6.17. The number of nitrogen functional groups attached to an aromatic ring is 1. The molecule has 3 rings (SSSR count). The number of hydrogen-bond acceptors (Lipinski definition) is 5. The van der Waals surface area contributed by atoms with Crippen LogP contribution in [-0.4, -0.2) is 21.0 Å². The van der Waals surface area contributed by atoms with Gasteiger partial charge in [0.25, 0.3) is 0 Å². The SMILES string of the molecule is N#Cc1nc(=O)n(-c2ccc(Cl)cc2)c(N)c1/C=C/N1C=CC(F)=CC1. The first-order valence-electron chi connectivity index (χ1n) is 7.56. The van der Waals surface area contributed by atoms with Gasteiger partial charge < -0.3 is 10.6 Å². The largest absolute Gasteiger partial charge is 0.384 e. The van der Waals surface area contributed by atoms with Gasteiger partial charge in [0.2, 0.25) is 0 Å². The molecule has 0 unspecified atom stereocenters. The molecule has 0 spiro atoms. The van der Waals surface area contributed by atoms with Crippen molar-refractivity contribution < 1.29 is 4.39 Å². The Kier molecular flexibility index (Phi) is 4.87. The summed E-state index contributed by atoms with van der Waals surface area (Å²) in [6.45, 7) is 0.338. The Hall–Kier alpha value is -3.37. The lowest BCUT2D eigenvalue weighted by Crippen LogP contribution is -2.26. The van der Waals surface area contributed by atoms with E-state index >= 15 is 0 Å². The molecule has 1 aliphatic heterocycles. The minimum Gasteiger partial charge on any atom is -0.384 e. The fourth-order valence-electron chi connectivity index (χ4n) is 2.41. The van der Waals surface area contributed by atoms with Crippen LogP contribution in [0.25, 0.3) is 11.8 Å². The molecule has 0 aliphatic carbocycles. The van der Waals surface area contributed by atoms with Gasteiger partial charge in [-0.25, -0.2) is 13.8 Å². The molecule has 1 aromatic carbocycles. The van der Waals surface area contributed by atoms with Crippen LogP contribution >= 0.6 is 11.6 Å². The lowest BCUT2D eigenvalue weighted by atomic mass is 10.2. The summed E-state index contributed by atoms with van der Waals surface area (Å²) in [6, 6.07) is 8.37. The lowest BCUT2D eigenvalue weighted by Gasteiger charge is -2.17. The van der Waals surface area contributed by atoms with Crippen molar-refractivity contribution in [1.29, 1.82) is 5.26 Å². The van der Waals surface area contributed by atoms with Gasteiger partial charge in [0.15, 0.2) is 5.69 Å². The summed E-state index contributed by atoms with van der Waals surface area (Å²) in [5, 5.41) is 9.80. The molecule has 0 amide bonds. The first kappa shape index (κ1) is 17.5. The standard InChI is InChI=1S/C18H13ClFN5O/c19-12-1-3-14(4-2-12)25-17(22)15(16(11-21)23-18(25)26)7-10-24-8-5-13(20)6-9-24/h1-8,10H,9,22H2/b10-7+. The molecule has 6 nitrogen and oxygen atoms in total. The highest BCUT2D eigenvalue weighted by molar-refractivity contribution is 6.30. The monoisotopic (exact) mass is 369 g/mol. The molecule has 0 atom stereocenters. The van der Waals surface area contributed by atoms with E-state index in [1.165, 1.54) is 16.7 Å². The number of aromatic nitrogens is 2. The number of allylic oxidation sites excluding steroid dienone is 2. The van der Waals surface area contributed by atoms with Crippen LogP contribution in [0.3, 0.4) is 0 Å². The molecular weight excluding hydrogens is 357 g/mol. The van der Waals surface area contributed by atoms with Gasteiger partial charge in [-0.05, 0) is 42.5 Å². The van der Waals surface area contributed by atoms with Crippen LogP contribution in [0.4, 0.5) is 10.2 Å². The van der Waals surface area contributed by atoms with E-state index in [1.807, 2.05) is 6.07 Å². The van der Waals surface area contributed by atoms with Crippen LogP contribution in [0.15, 0.2) is 59.4 Å². The van der Waals surface area contributed by atoms with E-state index in [0.717, 1.165) is 0 Å². The van der Waals surface area contributed by atoms with E-state index < -0.39 is 5.69 Å². The fraction of sp³-hybridized carbons (Fsp3) is 0.0556. The van der Waals surface area contributed by atoms with Crippen molar-refractivity contribution in [2.24, 2.45) is 0 Å². The Morgan fingerprint density at radius 1 is 1.35 bits per heavy atom. The van der Waals surface area contributed by atoms with Gasteiger partial charge in [-0.2, -0.15) is 10.2 Å². The summed E-state index contributed by atoms with van der Waals surface area (Å²) in [4.78, 5) is 17.8. The first-order valence-corrected chi connectivity index (χ1v) is 7.94. The molecule has 2 heterocycles. The molecule has 130 valence electrons. The lowest BCUT2D eigenvalue weighted by molar-refractivity contribution is 0.535. The van der Waals surface area contributed by atoms with E-state index in [-0.39, 0.29) is 17.3 Å². The van der Waals surface area contributed by atoms with Gasteiger partial charge >= 0.3 is 5.69 Å². The second-order valence-electron chi connectivity index (χ2n) is 5.38.